The minimum atomic E-state index is 0.748. The number of hydrogen-bond donors (Lipinski definition) is 1. The number of hydrogen-bond acceptors (Lipinski definition) is 2. The van der Waals surface area contributed by atoms with Crippen molar-refractivity contribution in [1.29, 1.82) is 0 Å². The Balaban J connectivity index is 1.68. The topological polar surface area (TPSA) is 15.3 Å². The van der Waals surface area contributed by atoms with Crippen molar-refractivity contribution in [2.24, 2.45) is 5.92 Å². The van der Waals surface area contributed by atoms with Crippen LogP contribution < -0.4 is 5.32 Å². The average molecular weight is 238 g/mol. The van der Waals surface area contributed by atoms with E-state index >= 15 is 0 Å². The maximum atomic E-state index is 3.68. The van der Waals surface area contributed by atoms with E-state index in [0.29, 0.717) is 0 Å². The van der Waals surface area contributed by atoms with Gasteiger partial charge in [-0.25, -0.2) is 0 Å². The molecule has 17 heavy (non-hydrogen) atoms. The first-order valence-electron chi connectivity index (χ1n) is 7.73. The van der Waals surface area contributed by atoms with Crippen LogP contribution in [0.2, 0.25) is 0 Å². The third-order valence-corrected chi connectivity index (χ3v) is 4.59. The summed E-state index contributed by atoms with van der Waals surface area (Å²) in [6, 6.07) is 1.60. The summed E-state index contributed by atoms with van der Waals surface area (Å²) in [6.07, 6.45) is 11.4. The number of likely N-dealkylation sites (N-methyl/N-ethyl adjacent to an activating group) is 1. The van der Waals surface area contributed by atoms with Crippen molar-refractivity contribution in [2.45, 2.75) is 70.4 Å². The summed E-state index contributed by atoms with van der Waals surface area (Å²) < 4.78 is 0. The van der Waals surface area contributed by atoms with Crippen molar-refractivity contribution >= 4 is 0 Å². The van der Waals surface area contributed by atoms with Gasteiger partial charge in [0.1, 0.15) is 0 Å². The third kappa shape index (κ3) is 4.59. The van der Waals surface area contributed by atoms with Crippen molar-refractivity contribution in [3.05, 3.63) is 0 Å². The van der Waals surface area contributed by atoms with E-state index in [0.717, 1.165) is 18.0 Å². The van der Waals surface area contributed by atoms with Gasteiger partial charge in [-0.2, -0.15) is 0 Å². The van der Waals surface area contributed by atoms with Gasteiger partial charge < -0.3 is 10.2 Å². The van der Waals surface area contributed by atoms with Gasteiger partial charge in [-0.15, -0.1) is 0 Å². The Kier molecular flexibility index (Phi) is 5.30. The lowest BCUT2D eigenvalue weighted by Crippen LogP contribution is -2.42. The Morgan fingerprint density at radius 2 is 1.82 bits per heavy atom. The molecule has 100 valence electrons. The largest absolute Gasteiger partial charge is 0.312 e. The van der Waals surface area contributed by atoms with Crippen LogP contribution in [0.5, 0.6) is 0 Å². The number of rotatable bonds is 7. The molecule has 0 saturated heterocycles. The van der Waals surface area contributed by atoms with Crippen LogP contribution in [-0.4, -0.2) is 37.1 Å². The first-order valence-corrected chi connectivity index (χ1v) is 7.73. The van der Waals surface area contributed by atoms with Gasteiger partial charge in [0.2, 0.25) is 0 Å². The summed E-state index contributed by atoms with van der Waals surface area (Å²) in [7, 11) is 2.33. The van der Waals surface area contributed by atoms with Crippen LogP contribution in [0.4, 0.5) is 0 Å². The summed E-state index contributed by atoms with van der Waals surface area (Å²) >= 11 is 0. The van der Waals surface area contributed by atoms with Gasteiger partial charge in [-0.3, -0.25) is 0 Å². The molecule has 2 rings (SSSR count). The van der Waals surface area contributed by atoms with Crippen LogP contribution in [0.15, 0.2) is 0 Å². The van der Waals surface area contributed by atoms with Gasteiger partial charge in [-0.1, -0.05) is 26.2 Å². The van der Waals surface area contributed by atoms with Crippen LogP contribution in [-0.2, 0) is 0 Å². The van der Waals surface area contributed by atoms with Crippen molar-refractivity contribution in [2.75, 3.05) is 20.1 Å². The molecule has 0 aromatic heterocycles. The highest BCUT2D eigenvalue weighted by molar-refractivity contribution is 4.84. The quantitative estimate of drug-likeness (QED) is 0.733. The summed E-state index contributed by atoms with van der Waals surface area (Å²) in [6.45, 7) is 4.85. The summed E-state index contributed by atoms with van der Waals surface area (Å²) in [5.41, 5.74) is 0. The van der Waals surface area contributed by atoms with E-state index in [1.54, 1.807) is 0 Å². The standard InChI is InChI=1S/C15H30N2/c1-3-15(11-16-14-9-10-14)17(2)12-13-7-5-4-6-8-13/h13-16H,3-12H2,1-2H3. The fourth-order valence-corrected chi connectivity index (χ4v) is 3.13. The van der Waals surface area contributed by atoms with Gasteiger partial charge in [0.15, 0.2) is 0 Å². The lowest BCUT2D eigenvalue weighted by Gasteiger charge is -2.32. The second-order valence-corrected chi connectivity index (χ2v) is 6.19. The van der Waals surface area contributed by atoms with Crippen molar-refractivity contribution in [3.63, 3.8) is 0 Å². The maximum Gasteiger partial charge on any atom is 0.0215 e. The van der Waals surface area contributed by atoms with Gasteiger partial charge in [0.25, 0.3) is 0 Å². The highest BCUT2D eigenvalue weighted by Crippen LogP contribution is 2.25. The minimum Gasteiger partial charge on any atom is -0.312 e. The Labute approximate surface area is 107 Å². The molecule has 2 aliphatic rings. The van der Waals surface area contributed by atoms with Crippen LogP contribution in [0.3, 0.4) is 0 Å². The van der Waals surface area contributed by atoms with Crippen LogP contribution in [0.25, 0.3) is 0 Å². The van der Waals surface area contributed by atoms with Crippen LogP contribution >= 0.6 is 0 Å². The third-order valence-electron chi connectivity index (χ3n) is 4.59. The molecule has 0 aromatic carbocycles. The highest BCUT2D eigenvalue weighted by Gasteiger charge is 2.24. The van der Waals surface area contributed by atoms with Gasteiger partial charge in [-0.05, 0) is 45.1 Å². The second-order valence-electron chi connectivity index (χ2n) is 6.19. The molecule has 2 heteroatoms. The molecule has 0 amide bonds. The first-order chi connectivity index (χ1) is 8.29. The second kappa shape index (κ2) is 6.75. The number of nitrogens with zero attached hydrogens (tertiary/aromatic N) is 1. The number of nitrogens with one attached hydrogen (secondary N) is 1. The molecule has 2 aliphatic carbocycles. The Hall–Kier alpha value is -0.0800. The first kappa shape index (κ1) is 13.4. The van der Waals surface area contributed by atoms with Gasteiger partial charge in [0.05, 0.1) is 0 Å². The molecule has 0 heterocycles. The molecule has 2 nitrogen and oxygen atoms in total. The van der Waals surface area contributed by atoms with Crippen LogP contribution in [0.1, 0.15) is 58.3 Å². The van der Waals surface area contributed by atoms with E-state index in [1.165, 1.54) is 64.5 Å². The van der Waals surface area contributed by atoms with E-state index in [9.17, 15) is 0 Å². The molecule has 0 aromatic rings. The molecular weight excluding hydrogens is 208 g/mol. The fourth-order valence-electron chi connectivity index (χ4n) is 3.13. The Morgan fingerprint density at radius 1 is 1.12 bits per heavy atom. The smallest absolute Gasteiger partial charge is 0.0215 e. The molecule has 1 atom stereocenters. The SMILES string of the molecule is CCC(CNC1CC1)N(C)CC1CCCCC1. The van der Waals surface area contributed by atoms with E-state index in [4.69, 9.17) is 0 Å². The van der Waals surface area contributed by atoms with Gasteiger partial charge >= 0.3 is 0 Å². The Bertz CT molecular complexity index is 207. The lowest BCUT2D eigenvalue weighted by molar-refractivity contribution is 0.174. The van der Waals surface area contributed by atoms with E-state index in [1.807, 2.05) is 0 Å². The van der Waals surface area contributed by atoms with Crippen LogP contribution in [0, 0.1) is 5.92 Å². The summed E-state index contributed by atoms with van der Waals surface area (Å²) in [4.78, 5) is 2.62. The predicted molar refractivity (Wildman–Crippen MR) is 74.3 cm³/mol. The van der Waals surface area contributed by atoms with E-state index < -0.39 is 0 Å². The summed E-state index contributed by atoms with van der Waals surface area (Å²) in [5, 5.41) is 3.68. The molecule has 2 fully saturated rings. The predicted octanol–water partition coefficient (Wildman–Crippen LogP) is 3.03. The van der Waals surface area contributed by atoms with E-state index in [-0.39, 0.29) is 0 Å². The maximum absolute atomic E-state index is 3.68. The average Bonchev–Trinajstić information content (AvgIpc) is 3.15. The molecule has 1 unspecified atom stereocenters. The summed E-state index contributed by atoms with van der Waals surface area (Å²) in [5.74, 6) is 0.976. The zero-order chi connectivity index (χ0) is 12.1. The normalized spacial score (nSPS) is 24.2. The lowest BCUT2D eigenvalue weighted by atomic mass is 9.88. The van der Waals surface area contributed by atoms with Crippen molar-refractivity contribution in [1.82, 2.24) is 10.2 Å². The van der Waals surface area contributed by atoms with E-state index in [2.05, 4.69) is 24.2 Å². The van der Waals surface area contributed by atoms with Crippen molar-refractivity contribution in [3.8, 4) is 0 Å². The molecular formula is C15H30N2. The zero-order valence-corrected chi connectivity index (χ0v) is 11.8. The molecule has 0 bridgehead atoms. The molecule has 2 saturated carbocycles. The zero-order valence-electron chi connectivity index (χ0n) is 11.8. The highest BCUT2D eigenvalue weighted by atomic mass is 15.2. The fraction of sp³-hybridized carbons (Fsp3) is 1.00. The monoisotopic (exact) mass is 238 g/mol. The molecule has 0 radical (unpaired) electrons. The molecule has 1 N–H and O–H groups in total. The molecule has 0 aliphatic heterocycles. The Morgan fingerprint density at radius 3 is 2.41 bits per heavy atom. The minimum absolute atomic E-state index is 0.748. The molecule has 0 spiro atoms. The van der Waals surface area contributed by atoms with Gasteiger partial charge in [0, 0.05) is 25.2 Å². The van der Waals surface area contributed by atoms with Crippen molar-refractivity contribution < 1.29 is 0 Å².